The largest absolute Gasteiger partial charge is 0.296 e. The van der Waals surface area contributed by atoms with Gasteiger partial charge in [-0.25, -0.2) is 5.32 Å². The highest BCUT2D eigenvalue weighted by atomic mass is 15.2. The number of piperazine rings is 1. The van der Waals surface area contributed by atoms with E-state index in [2.05, 4.69) is 46.6 Å². The van der Waals surface area contributed by atoms with E-state index in [0.717, 1.165) is 38.3 Å². The maximum Gasteiger partial charge on any atom is 0.0991 e. The van der Waals surface area contributed by atoms with Gasteiger partial charge in [-0.1, -0.05) is 36.4 Å². The third-order valence-corrected chi connectivity index (χ3v) is 3.86. The second-order valence-electron chi connectivity index (χ2n) is 5.30. The van der Waals surface area contributed by atoms with E-state index in [4.69, 9.17) is 5.26 Å². The van der Waals surface area contributed by atoms with E-state index in [9.17, 15) is 0 Å². The molecule has 1 saturated heterocycles. The normalized spacial score (nSPS) is 15.6. The van der Waals surface area contributed by atoms with Gasteiger partial charge in [0.05, 0.1) is 11.6 Å². The van der Waals surface area contributed by atoms with Crippen LogP contribution in [0.15, 0.2) is 48.5 Å². The molecule has 0 amide bonds. The average molecular weight is 276 g/mol. The van der Waals surface area contributed by atoms with Gasteiger partial charge in [-0.2, -0.15) is 5.26 Å². The molecule has 21 heavy (non-hydrogen) atoms. The Hall–Kier alpha value is -2.15. The van der Waals surface area contributed by atoms with Crippen LogP contribution < -0.4 is 5.32 Å². The fourth-order valence-electron chi connectivity index (χ4n) is 2.74. The maximum absolute atomic E-state index is 9.07. The molecule has 3 heteroatoms. The number of hydrogen-bond acceptors (Lipinski definition) is 2. The third-order valence-electron chi connectivity index (χ3n) is 3.86. The van der Waals surface area contributed by atoms with Gasteiger partial charge in [0.15, 0.2) is 0 Å². The van der Waals surface area contributed by atoms with Crippen LogP contribution in [0.25, 0.3) is 11.1 Å². The molecular weight excluding hydrogens is 258 g/mol. The number of benzene rings is 2. The van der Waals surface area contributed by atoms with Crippen LogP contribution in [0.3, 0.4) is 0 Å². The van der Waals surface area contributed by atoms with E-state index < -0.39 is 0 Å². The predicted molar refractivity (Wildman–Crippen MR) is 83.7 cm³/mol. The Kier molecular flexibility index (Phi) is 4.30. The number of nitrogens with zero attached hydrogens (tertiary/aromatic N) is 3. The van der Waals surface area contributed by atoms with Crippen LogP contribution in [0.2, 0.25) is 0 Å². The molecule has 3 rings (SSSR count). The third kappa shape index (κ3) is 3.30. The molecule has 0 N–H and O–H groups in total. The van der Waals surface area contributed by atoms with E-state index in [0.29, 0.717) is 5.56 Å². The highest BCUT2D eigenvalue weighted by molar-refractivity contribution is 5.68. The van der Waals surface area contributed by atoms with Crippen LogP contribution in [0.1, 0.15) is 11.1 Å². The first-order valence-corrected chi connectivity index (χ1v) is 7.31. The first-order chi connectivity index (χ1) is 10.4. The molecule has 3 nitrogen and oxygen atoms in total. The van der Waals surface area contributed by atoms with Gasteiger partial charge in [0.25, 0.3) is 0 Å². The van der Waals surface area contributed by atoms with Gasteiger partial charge in [0.1, 0.15) is 0 Å². The van der Waals surface area contributed by atoms with E-state index in [1.165, 1.54) is 11.1 Å². The highest BCUT2D eigenvalue weighted by Gasteiger charge is 2.13. The van der Waals surface area contributed by atoms with Crippen LogP contribution in [0.5, 0.6) is 0 Å². The van der Waals surface area contributed by atoms with Crippen molar-refractivity contribution in [1.82, 2.24) is 10.2 Å². The second-order valence-corrected chi connectivity index (χ2v) is 5.30. The van der Waals surface area contributed by atoms with Gasteiger partial charge in [0.2, 0.25) is 0 Å². The van der Waals surface area contributed by atoms with Gasteiger partial charge >= 0.3 is 0 Å². The lowest BCUT2D eigenvalue weighted by Gasteiger charge is -2.27. The molecule has 0 saturated carbocycles. The van der Waals surface area contributed by atoms with E-state index in [1.807, 2.05) is 18.2 Å². The minimum atomic E-state index is 0.707. The van der Waals surface area contributed by atoms with Crippen LogP contribution in [0.4, 0.5) is 0 Å². The SMILES string of the molecule is N#Cc1cccc(-c2ccccc2CN2CC[N]CC2)c1. The molecule has 2 aromatic carbocycles. The van der Waals surface area contributed by atoms with E-state index in [-0.39, 0.29) is 0 Å². The molecule has 1 aliphatic heterocycles. The Morgan fingerprint density at radius 3 is 2.67 bits per heavy atom. The maximum atomic E-state index is 9.07. The smallest absolute Gasteiger partial charge is 0.0991 e. The van der Waals surface area contributed by atoms with Crippen molar-refractivity contribution in [2.45, 2.75) is 6.54 Å². The molecule has 0 bridgehead atoms. The van der Waals surface area contributed by atoms with Crippen molar-refractivity contribution < 1.29 is 0 Å². The topological polar surface area (TPSA) is 41.1 Å². The lowest BCUT2D eigenvalue weighted by molar-refractivity contribution is 0.231. The molecule has 1 heterocycles. The number of nitriles is 1. The van der Waals surface area contributed by atoms with Gasteiger partial charge < -0.3 is 0 Å². The lowest BCUT2D eigenvalue weighted by atomic mass is 9.98. The van der Waals surface area contributed by atoms with Crippen LogP contribution in [-0.4, -0.2) is 31.1 Å². The summed E-state index contributed by atoms with van der Waals surface area (Å²) < 4.78 is 0. The zero-order valence-corrected chi connectivity index (χ0v) is 12.0. The first-order valence-electron chi connectivity index (χ1n) is 7.31. The average Bonchev–Trinajstić information content (AvgIpc) is 2.56. The van der Waals surface area contributed by atoms with Crippen molar-refractivity contribution >= 4 is 0 Å². The molecule has 0 spiro atoms. The summed E-state index contributed by atoms with van der Waals surface area (Å²) >= 11 is 0. The summed E-state index contributed by atoms with van der Waals surface area (Å²) in [5, 5.41) is 13.5. The quantitative estimate of drug-likeness (QED) is 0.864. The van der Waals surface area contributed by atoms with Gasteiger partial charge in [-0.05, 0) is 28.8 Å². The molecule has 0 atom stereocenters. The standard InChI is InChI=1S/C18H18N3/c19-13-15-4-3-6-16(12-15)18-7-2-1-5-17(18)14-21-10-8-20-9-11-21/h1-7,12H,8-11,14H2. The second kappa shape index (κ2) is 6.53. The van der Waals surface area contributed by atoms with E-state index in [1.54, 1.807) is 0 Å². The Morgan fingerprint density at radius 1 is 1.05 bits per heavy atom. The van der Waals surface area contributed by atoms with E-state index >= 15 is 0 Å². The predicted octanol–water partition coefficient (Wildman–Crippen LogP) is 2.65. The summed E-state index contributed by atoms with van der Waals surface area (Å²) in [6, 6.07) is 18.5. The fourth-order valence-corrected chi connectivity index (χ4v) is 2.74. The molecule has 1 radical (unpaired) electrons. The molecular formula is C18H18N3. The number of hydrogen-bond donors (Lipinski definition) is 0. The Bertz CT molecular complexity index is 652. The van der Waals surface area contributed by atoms with Gasteiger partial charge in [-0.3, -0.25) is 4.90 Å². The summed E-state index contributed by atoms with van der Waals surface area (Å²) in [4.78, 5) is 2.44. The van der Waals surface area contributed by atoms with Crippen molar-refractivity contribution in [3.05, 3.63) is 59.7 Å². The minimum Gasteiger partial charge on any atom is -0.296 e. The van der Waals surface area contributed by atoms with Crippen LogP contribution >= 0.6 is 0 Å². The lowest BCUT2D eigenvalue weighted by Crippen LogP contribution is -2.39. The zero-order valence-electron chi connectivity index (χ0n) is 12.0. The Morgan fingerprint density at radius 2 is 1.86 bits per heavy atom. The molecule has 1 aliphatic rings. The Labute approximate surface area is 125 Å². The fraction of sp³-hybridized carbons (Fsp3) is 0.278. The van der Waals surface area contributed by atoms with Crippen LogP contribution in [0, 0.1) is 11.3 Å². The Balaban J connectivity index is 1.89. The van der Waals surface area contributed by atoms with Crippen molar-refractivity contribution in [2.75, 3.05) is 26.2 Å². The van der Waals surface area contributed by atoms with Crippen LogP contribution in [-0.2, 0) is 6.54 Å². The first kappa shape index (κ1) is 13.8. The molecule has 1 fully saturated rings. The molecule has 0 aromatic heterocycles. The molecule has 0 aliphatic carbocycles. The highest BCUT2D eigenvalue weighted by Crippen LogP contribution is 2.25. The van der Waals surface area contributed by atoms with Crippen molar-refractivity contribution in [2.24, 2.45) is 0 Å². The van der Waals surface area contributed by atoms with Gasteiger partial charge in [-0.15, -0.1) is 0 Å². The van der Waals surface area contributed by atoms with Crippen molar-refractivity contribution in [3.63, 3.8) is 0 Å². The molecule has 105 valence electrons. The summed E-state index contributed by atoms with van der Waals surface area (Å²) in [6.45, 7) is 4.89. The summed E-state index contributed by atoms with van der Waals surface area (Å²) in [6.07, 6.45) is 0. The summed E-state index contributed by atoms with van der Waals surface area (Å²) in [7, 11) is 0. The number of rotatable bonds is 3. The van der Waals surface area contributed by atoms with Gasteiger partial charge in [0, 0.05) is 32.7 Å². The minimum absolute atomic E-state index is 0.707. The zero-order chi connectivity index (χ0) is 14.5. The summed E-state index contributed by atoms with van der Waals surface area (Å²) in [5.41, 5.74) is 4.36. The van der Waals surface area contributed by atoms with Crippen molar-refractivity contribution in [1.29, 1.82) is 5.26 Å². The molecule has 2 aromatic rings. The summed E-state index contributed by atoms with van der Waals surface area (Å²) in [5.74, 6) is 0. The van der Waals surface area contributed by atoms with Crippen molar-refractivity contribution in [3.8, 4) is 17.2 Å². The molecule has 0 unspecified atom stereocenters. The monoisotopic (exact) mass is 276 g/mol.